The van der Waals surface area contributed by atoms with Crippen LogP contribution in [-0.4, -0.2) is 23.8 Å². The summed E-state index contributed by atoms with van der Waals surface area (Å²) in [5.41, 5.74) is -0.498. The number of alkyl halides is 3. The van der Waals surface area contributed by atoms with Crippen LogP contribution in [0, 0.1) is 11.3 Å². The first-order chi connectivity index (χ1) is 14.0. The second-order valence-corrected chi connectivity index (χ2v) is 7.70. The van der Waals surface area contributed by atoms with Crippen molar-refractivity contribution in [3.63, 3.8) is 0 Å². The Morgan fingerprint density at radius 3 is 2.47 bits per heavy atom. The number of aliphatic hydroxyl groups is 1. The van der Waals surface area contributed by atoms with E-state index in [4.69, 9.17) is 10.00 Å². The molecular formula is C22H21F3N2O3. The third kappa shape index (κ3) is 5.30. The Bertz CT molecular complexity index is 959. The topological polar surface area (TPSA) is 82.3 Å². The molecule has 8 heteroatoms. The zero-order valence-electron chi connectivity index (χ0n) is 16.3. The highest BCUT2D eigenvalue weighted by atomic mass is 19.4. The predicted octanol–water partition coefficient (Wildman–Crippen LogP) is 3.90. The summed E-state index contributed by atoms with van der Waals surface area (Å²) in [6, 6.07) is 14.6. The number of benzene rings is 2. The van der Waals surface area contributed by atoms with Gasteiger partial charge in [-0.1, -0.05) is 24.3 Å². The molecule has 1 saturated carbocycles. The lowest BCUT2D eigenvalue weighted by Crippen LogP contribution is -2.39. The lowest BCUT2D eigenvalue weighted by Gasteiger charge is -2.26. The fourth-order valence-corrected chi connectivity index (χ4v) is 3.29. The van der Waals surface area contributed by atoms with Crippen LogP contribution >= 0.6 is 0 Å². The quantitative estimate of drug-likeness (QED) is 0.715. The molecule has 0 spiro atoms. The Hall–Kier alpha value is -3.05. The summed E-state index contributed by atoms with van der Waals surface area (Å²) in [5.74, 6) is -0.307. The Labute approximate surface area is 172 Å². The minimum Gasteiger partial charge on any atom is -0.484 e. The van der Waals surface area contributed by atoms with Crippen LogP contribution in [-0.2, 0) is 15.9 Å². The van der Waals surface area contributed by atoms with E-state index in [0.717, 1.165) is 0 Å². The molecule has 1 aliphatic carbocycles. The standard InChI is InChI=1S/C22H21F3N2O3/c1-20(29,16-7-5-15(13-26)6-8-16)12-19(28)27-21(9-10-21)17-3-2-4-18(11-17)30-14-22(23,24)25/h2-8,11,29H,9-10,12,14H2,1H3,(H,27,28). The number of carbonyl (C=O) groups excluding carboxylic acids is 1. The number of halogens is 3. The lowest BCUT2D eigenvalue weighted by molar-refractivity contribution is -0.153. The van der Waals surface area contributed by atoms with Gasteiger partial charge in [0, 0.05) is 0 Å². The van der Waals surface area contributed by atoms with E-state index in [1.54, 1.807) is 36.4 Å². The zero-order valence-corrected chi connectivity index (χ0v) is 16.3. The molecule has 1 atom stereocenters. The number of hydrogen-bond acceptors (Lipinski definition) is 4. The number of nitrogens with zero attached hydrogens (tertiary/aromatic N) is 1. The Morgan fingerprint density at radius 2 is 1.90 bits per heavy atom. The molecule has 0 aliphatic heterocycles. The maximum absolute atomic E-state index is 12.6. The van der Waals surface area contributed by atoms with Gasteiger partial charge < -0.3 is 15.2 Å². The van der Waals surface area contributed by atoms with Gasteiger partial charge in [-0.05, 0) is 55.2 Å². The average Bonchev–Trinajstić information content (AvgIpc) is 3.46. The van der Waals surface area contributed by atoms with E-state index in [9.17, 15) is 23.1 Å². The van der Waals surface area contributed by atoms with Gasteiger partial charge in [-0.3, -0.25) is 4.79 Å². The van der Waals surface area contributed by atoms with Crippen LogP contribution in [0.3, 0.4) is 0 Å². The SMILES string of the molecule is CC(O)(CC(=O)NC1(c2cccc(OCC(F)(F)F)c2)CC1)c1ccc(C#N)cc1. The van der Waals surface area contributed by atoms with Crippen molar-refractivity contribution < 1.29 is 27.8 Å². The molecule has 158 valence electrons. The third-order valence-electron chi connectivity index (χ3n) is 5.06. The summed E-state index contributed by atoms with van der Waals surface area (Å²) < 4.78 is 41.9. The normalized spacial score (nSPS) is 16.8. The number of nitrogens with one attached hydrogen (secondary N) is 1. The highest BCUT2D eigenvalue weighted by Gasteiger charge is 2.46. The van der Waals surface area contributed by atoms with Crippen LogP contribution in [0.4, 0.5) is 13.2 Å². The summed E-state index contributed by atoms with van der Waals surface area (Å²) >= 11 is 0. The molecule has 1 aliphatic rings. The van der Waals surface area contributed by atoms with Gasteiger partial charge >= 0.3 is 6.18 Å². The number of rotatable bonds is 7. The highest BCUT2D eigenvalue weighted by Crippen LogP contribution is 2.46. The molecule has 0 saturated heterocycles. The molecule has 2 aromatic rings. The minimum atomic E-state index is -4.43. The van der Waals surface area contributed by atoms with Gasteiger partial charge in [0.2, 0.25) is 5.91 Å². The second-order valence-electron chi connectivity index (χ2n) is 7.70. The van der Waals surface area contributed by atoms with Crippen LogP contribution in [0.1, 0.15) is 42.9 Å². The third-order valence-corrected chi connectivity index (χ3v) is 5.06. The molecular weight excluding hydrogens is 397 g/mol. The average molecular weight is 418 g/mol. The summed E-state index contributed by atoms with van der Waals surface area (Å²) in [7, 11) is 0. The molecule has 3 rings (SSSR count). The van der Waals surface area contributed by atoms with Gasteiger partial charge in [-0.2, -0.15) is 18.4 Å². The zero-order chi connectivity index (χ0) is 22.0. The van der Waals surface area contributed by atoms with Gasteiger partial charge in [0.25, 0.3) is 0 Å². The van der Waals surface area contributed by atoms with Crippen molar-refractivity contribution in [1.29, 1.82) is 5.26 Å². The molecule has 0 heterocycles. The van der Waals surface area contributed by atoms with E-state index in [2.05, 4.69) is 5.32 Å². The van der Waals surface area contributed by atoms with E-state index in [0.29, 0.717) is 29.5 Å². The summed E-state index contributed by atoms with van der Waals surface area (Å²) in [5, 5.41) is 22.5. The molecule has 30 heavy (non-hydrogen) atoms. The van der Waals surface area contributed by atoms with Gasteiger partial charge in [0.1, 0.15) is 5.75 Å². The van der Waals surface area contributed by atoms with Crippen LogP contribution in [0.2, 0.25) is 0 Å². The van der Waals surface area contributed by atoms with Crippen molar-refractivity contribution in [2.24, 2.45) is 0 Å². The highest BCUT2D eigenvalue weighted by molar-refractivity contribution is 5.79. The van der Waals surface area contributed by atoms with Crippen LogP contribution in [0.15, 0.2) is 48.5 Å². The molecule has 0 radical (unpaired) electrons. The fraction of sp³-hybridized carbons (Fsp3) is 0.364. The monoisotopic (exact) mass is 418 g/mol. The smallest absolute Gasteiger partial charge is 0.422 e. The number of ether oxygens (including phenoxy) is 1. The largest absolute Gasteiger partial charge is 0.484 e. The molecule has 1 unspecified atom stereocenters. The molecule has 2 N–H and O–H groups in total. The molecule has 0 aromatic heterocycles. The first-order valence-corrected chi connectivity index (χ1v) is 9.37. The first kappa shape index (κ1) is 21.7. The maximum atomic E-state index is 12.6. The van der Waals surface area contributed by atoms with Crippen molar-refractivity contribution in [1.82, 2.24) is 5.32 Å². The Balaban J connectivity index is 1.67. The second kappa shape index (κ2) is 8.00. The number of nitriles is 1. The van der Waals surface area contributed by atoms with Gasteiger partial charge in [0.15, 0.2) is 6.61 Å². The van der Waals surface area contributed by atoms with Gasteiger partial charge in [-0.15, -0.1) is 0 Å². The Kier molecular flexibility index (Phi) is 5.77. The van der Waals surface area contributed by atoms with E-state index in [-0.39, 0.29) is 18.1 Å². The number of carbonyl (C=O) groups is 1. The first-order valence-electron chi connectivity index (χ1n) is 9.37. The van der Waals surface area contributed by atoms with Crippen molar-refractivity contribution in [3.05, 3.63) is 65.2 Å². The molecule has 5 nitrogen and oxygen atoms in total. The van der Waals surface area contributed by atoms with Crippen molar-refractivity contribution >= 4 is 5.91 Å². The van der Waals surface area contributed by atoms with E-state index in [1.807, 2.05) is 6.07 Å². The minimum absolute atomic E-state index is 0.0786. The summed E-state index contributed by atoms with van der Waals surface area (Å²) in [4.78, 5) is 12.6. The van der Waals surface area contributed by atoms with Crippen LogP contribution in [0.25, 0.3) is 0 Å². The van der Waals surface area contributed by atoms with Gasteiger partial charge in [-0.25, -0.2) is 0 Å². The van der Waals surface area contributed by atoms with Crippen molar-refractivity contribution in [3.8, 4) is 11.8 Å². The lowest BCUT2D eigenvalue weighted by atomic mass is 9.91. The van der Waals surface area contributed by atoms with Crippen molar-refractivity contribution in [2.45, 2.75) is 43.5 Å². The number of amides is 1. The molecule has 1 fully saturated rings. The Morgan fingerprint density at radius 1 is 1.23 bits per heavy atom. The van der Waals surface area contributed by atoms with Crippen LogP contribution in [0.5, 0.6) is 5.75 Å². The predicted molar refractivity (Wildman–Crippen MR) is 102 cm³/mol. The van der Waals surface area contributed by atoms with Gasteiger partial charge in [0.05, 0.1) is 29.2 Å². The fourth-order valence-electron chi connectivity index (χ4n) is 3.29. The van der Waals surface area contributed by atoms with Crippen LogP contribution < -0.4 is 10.1 Å². The molecule has 1 amide bonds. The summed E-state index contributed by atoms with van der Waals surface area (Å²) in [6.07, 6.45) is -3.36. The van der Waals surface area contributed by atoms with E-state index < -0.39 is 23.9 Å². The molecule has 0 bridgehead atoms. The van der Waals surface area contributed by atoms with Crippen molar-refractivity contribution in [2.75, 3.05) is 6.61 Å². The van der Waals surface area contributed by atoms with E-state index >= 15 is 0 Å². The van der Waals surface area contributed by atoms with E-state index in [1.165, 1.54) is 19.1 Å². The molecule has 2 aromatic carbocycles. The summed E-state index contributed by atoms with van der Waals surface area (Å²) in [6.45, 7) is 0.127. The maximum Gasteiger partial charge on any atom is 0.422 e. The number of hydrogen-bond donors (Lipinski definition) is 2.